The van der Waals surface area contributed by atoms with Gasteiger partial charge in [0.05, 0.1) is 0 Å². The second-order valence-electron chi connectivity index (χ2n) is 3.16. The summed E-state index contributed by atoms with van der Waals surface area (Å²) in [5, 5.41) is 0.823. The van der Waals surface area contributed by atoms with E-state index in [1.807, 2.05) is 6.07 Å². The molecule has 0 atom stereocenters. The lowest BCUT2D eigenvalue weighted by atomic mass is 10.0. The number of hydrogen-bond acceptors (Lipinski definition) is 1. The van der Waals surface area contributed by atoms with Crippen molar-refractivity contribution in [2.24, 2.45) is 5.73 Å². The van der Waals surface area contributed by atoms with Gasteiger partial charge in [-0.05, 0) is 49.1 Å². The van der Waals surface area contributed by atoms with Gasteiger partial charge in [-0.15, -0.1) is 0 Å². The quantitative estimate of drug-likeness (QED) is 0.790. The van der Waals surface area contributed by atoms with E-state index in [4.69, 9.17) is 17.3 Å². The maximum absolute atomic E-state index is 5.92. The van der Waals surface area contributed by atoms with Crippen molar-refractivity contribution in [1.29, 1.82) is 0 Å². The van der Waals surface area contributed by atoms with Gasteiger partial charge in [-0.2, -0.15) is 0 Å². The van der Waals surface area contributed by atoms with Crippen molar-refractivity contribution in [2.45, 2.75) is 26.2 Å². The summed E-state index contributed by atoms with van der Waals surface area (Å²) in [4.78, 5) is 0. The highest BCUT2D eigenvalue weighted by Crippen LogP contribution is 2.17. The van der Waals surface area contributed by atoms with Crippen LogP contribution in [-0.4, -0.2) is 6.54 Å². The van der Waals surface area contributed by atoms with Crippen molar-refractivity contribution in [3.8, 4) is 0 Å². The third kappa shape index (κ3) is 3.02. The molecule has 0 saturated heterocycles. The molecule has 1 rings (SSSR count). The molecule has 2 N–H and O–H groups in total. The van der Waals surface area contributed by atoms with Crippen LogP contribution >= 0.6 is 11.6 Å². The molecular weight excluding hydrogens is 182 g/mol. The molecule has 1 aromatic rings. The fraction of sp³-hybridized carbons (Fsp3) is 0.455. The second kappa shape index (κ2) is 5.25. The van der Waals surface area contributed by atoms with Crippen LogP contribution < -0.4 is 5.73 Å². The molecule has 1 nitrogen and oxygen atoms in total. The van der Waals surface area contributed by atoms with Crippen molar-refractivity contribution >= 4 is 11.6 Å². The number of hydrogen-bond donors (Lipinski definition) is 1. The Labute approximate surface area is 84.9 Å². The number of aryl methyl sites for hydroxylation is 2. The predicted octanol–water partition coefficient (Wildman–Crippen LogP) is 2.79. The topological polar surface area (TPSA) is 26.0 Å². The molecule has 0 aromatic heterocycles. The molecular formula is C11H16ClN. The van der Waals surface area contributed by atoms with Crippen LogP contribution in [0.1, 0.15) is 24.5 Å². The summed E-state index contributed by atoms with van der Waals surface area (Å²) in [7, 11) is 0. The van der Waals surface area contributed by atoms with Crippen molar-refractivity contribution in [2.75, 3.05) is 6.54 Å². The van der Waals surface area contributed by atoms with Gasteiger partial charge in [-0.3, -0.25) is 0 Å². The first kappa shape index (κ1) is 10.6. The van der Waals surface area contributed by atoms with Gasteiger partial charge >= 0.3 is 0 Å². The minimum atomic E-state index is 0.746. The van der Waals surface area contributed by atoms with Gasteiger partial charge in [0.1, 0.15) is 0 Å². The largest absolute Gasteiger partial charge is 0.330 e. The van der Waals surface area contributed by atoms with Gasteiger partial charge in [-0.1, -0.05) is 24.6 Å². The van der Waals surface area contributed by atoms with Crippen molar-refractivity contribution in [1.82, 2.24) is 0 Å². The highest BCUT2D eigenvalue weighted by Gasteiger charge is 2.00. The fourth-order valence-corrected chi connectivity index (χ4v) is 1.66. The average Bonchev–Trinajstić information content (AvgIpc) is 2.15. The first-order valence-electron chi connectivity index (χ1n) is 4.75. The van der Waals surface area contributed by atoms with Crippen molar-refractivity contribution < 1.29 is 0 Å². The Morgan fingerprint density at radius 1 is 1.31 bits per heavy atom. The van der Waals surface area contributed by atoms with Gasteiger partial charge in [0.25, 0.3) is 0 Å². The molecule has 0 aliphatic carbocycles. The molecule has 0 heterocycles. The highest BCUT2D eigenvalue weighted by molar-refractivity contribution is 6.30. The molecule has 0 aliphatic heterocycles. The fourth-order valence-electron chi connectivity index (χ4n) is 1.46. The van der Waals surface area contributed by atoms with Crippen LogP contribution in [0.15, 0.2) is 18.2 Å². The van der Waals surface area contributed by atoms with Gasteiger partial charge in [0.15, 0.2) is 0 Å². The van der Waals surface area contributed by atoms with Crippen molar-refractivity contribution in [3.63, 3.8) is 0 Å². The van der Waals surface area contributed by atoms with E-state index in [2.05, 4.69) is 19.1 Å². The van der Waals surface area contributed by atoms with Crippen LogP contribution in [0.5, 0.6) is 0 Å². The molecule has 0 fully saturated rings. The molecule has 2 heteroatoms. The normalized spacial score (nSPS) is 10.4. The lowest BCUT2D eigenvalue weighted by molar-refractivity contribution is 0.822. The third-order valence-corrected chi connectivity index (χ3v) is 2.43. The minimum absolute atomic E-state index is 0.746. The standard InChI is InChI=1S/C11H16ClN/c1-2-9-5-6-11(12)8-10(9)4-3-7-13/h5-6,8H,2-4,7,13H2,1H3. The molecule has 13 heavy (non-hydrogen) atoms. The molecule has 0 unspecified atom stereocenters. The van der Waals surface area contributed by atoms with Crippen LogP contribution in [0.2, 0.25) is 5.02 Å². The van der Waals surface area contributed by atoms with E-state index >= 15 is 0 Å². The minimum Gasteiger partial charge on any atom is -0.330 e. The summed E-state index contributed by atoms with van der Waals surface area (Å²) >= 11 is 5.92. The first-order valence-corrected chi connectivity index (χ1v) is 5.13. The van der Waals surface area contributed by atoms with Gasteiger partial charge in [-0.25, -0.2) is 0 Å². The summed E-state index contributed by atoms with van der Waals surface area (Å²) in [5.74, 6) is 0. The zero-order valence-electron chi connectivity index (χ0n) is 8.02. The number of nitrogens with two attached hydrogens (primary N) is 1. The summed E-state index contributed by atoms with van der Waals surface area (Å²) in [5.41, 5.74) is 8.21. The van der Waals surface area contributed by atoms with E-state index in [0.29, 0.717) is 0 Å². The monoisotopic (exact) mass is 197 g/mol. The summed E-state index contributed by atoms with van der Waals surface area (Å²) in [6.07, 6.45) is 3.14. The van der Waals surface area contributed by atoms with Crippen molar-refractivity contribution in [3.05, 3.63) is 34.3 Å². The number of rotatable bonds is 4. The Morgan fingerprint density at radius 3 is 2.69 bits per heavy atom. The van der Waals surface area contributed by atoms with E-state index in [1.165, 1.54) is 11.1 Å². The molecule has 0 bridgehead atoms. The molecule has 1 aromatic carbocycles. The molecule has 0 amide bonds. The third-order valence-electron chi connectivity index (χ3n) is 2.20. The lowest BCUT2D eigenvalue weighted by Gasteiger charge is -2.07. The molecule has 0 radical (unpaired) electrons. The van der Waals surface area contributed by atoms with E-state index in [9.17, 15) is 0 Å². The van der Waals surface area contributed by atoms with Gasteiger partial charge < -0.3 is 5.73 Å². The van der Waals surface area contributed by atoms with Crippen LogP contribution in [0, 0.1) is 0 Å². The van der Waals surface area contributed by atoms with Crippen LogP contribution in [0.4, 0.5) is 0 Å². The van der Waals surface area contributed by atoms with Crippen LogP contribution in [0.3, 0.4) is 0 Å². The Kier molecular flexibility index (Phi) is 4.26. The smallest absolute Gasteiger partial charge is 0.0408 e. The summed E-state index contributed by atoms with van der Waals surface area (Å²) in [6.45, 7) is 2.91. The van der Waals surface area contributed by atoms with E-state index in [-0.39, 0.29) is 0 Å². The SMILES string of the molecule is CCc1ccc(Cl)cc1CCCN. The number of halogens is 1. The first-order chi connectivity index (χ1) is 6.27. The second-order valence-corrected chi connectivity index (χ2v) is 3.60. The molecule has 0 saturated carbocycles. The molecule has 0 aliphatic rings. The summed E-state index contributed by atoms with van der Waals surface area (Å²) < 4.78 is 0. The molecule has 0 spiro atoms. The number of benzene rings is 1. The zero-order valence-corrected chi connectivity index (χ0v) is 8.77. The zero-order chi connectivity index (χ0) is 9.68. The average molecular weight is 198 g/mol. The predicted molar refractivity (Wildman–Crippen MR) is 58.2 cm³/mol. The highest BCUT2D eigenvalue weighted by atomic mass is 35.5. The van der Waals surface area contributed by atoms with Crippen LogP contribution in [-0.2, 0) is 12.8 Å². The van der Waals surface area contributed by atoms with E-state index < -0.39 is 0 Å². The van der Waals surface area contributed by atoms with Gasteiger partial charge in [0.2, 0.25) is 0 Å². The molecule has 72 valence electrons. The Hall–Kier alpha value is -0.530. The Bertz CT molecular complexity index is 271. The van der Waals surface area contributed by atoms with E-state index in [1.54, 1.807) is 0 Å². The summed E-state index contributed by atoms with van der Waals surface area (Å²) in [6, 6.07) is 6.11. The lowest BCUT2D eigenvalue weighted by Crippen LogP contribution is -2.02. The Balaban J connectivity index is 2.81. The van der Waals surface area contributed by atoms with Crippen LogP contribution in [0.25, 0.3) is 0 Å². The van der Waals surface area contributed by atoms with E-state index in [0.717, 1.165) is 30.8 Å². The maximum Gasteiger partial charge on any atom is 0.0408 e. The Morgan fingerprint density at radius 2 is 2.08 bits per heavy atom. The van der Waals surface area contributed by atoms with Gasteiger partial charge in [0, 0.05) is 5.02 Å². The maximum atomic E-state index is 5.92.